The number of hydrogen-bond acceptors (Lipinski definition) is 4. The van der Waals surface area contributed by atoms with Gasteiger partial charge in [-0.25, -0.2) is 0 Å². The lowest BCUT2D eigenvalue weighted by atomic mass is 10.2. The van der Waals surface area contributed by atoms with Crippen LogP contribution < -0.4 is 4.90 Å². The zero-order chi connectivity index (χ0) is 19.2. The molecule has 28 heavy (non-hydrogen) atoms. The summed E-state index contributed by atoms with van der Waals surface area (Å²) >= 11 is 6.33. The van der Waals surface area contributed by atoms with Crippen LogP contribution in [0, 0.1) is 0 Å². The first-order chi connectivity index (χ1) is 13.8. The molecule has 0 N–H and O–H groups in total. The van der Waals surface area contributed by atoms with Crippen molar-refractivity contribution >= 4 is 17.3 Å². The van der Waals surface area contributed by atoms with Crippen molar-refractivity contribution < 1.29 is 0 Å². The molecule has 1 aromatic heterocycles. The molecule has 0 bridgehead atoms. The highest BCUT2D eigenvalue weighted by Gasteiger charge is 2.18. The zero-order valence-electron chi connectivity index (χ0n) is 16.0. The first-order valence-electron chi connectivity index (χ1n) is 9.97. The number of aryl methyl sites for hydroxylation is 1. The van der Waals surface area contributed by atoms with Gasteiger partial charge in [-0.15, -0.1) is 5.10 Å². The molecule has 0 atom stereocenters. The van der Waals surface area contributed by atoms with Crippen molar-refractivity contribution in [3.8, 4) is 11.3 Å². The number of aromatic nitrogens is 3. The van der Waals surface area contributed by atoms with E-state index >= 15 is 0 Å². The maximum atomic E-state index is 6.33. The number of halogens is 1. The first-order valence-corrected chi connectivity index (χ1v) is 10.3. The average molecular weight is 396 g/mol. The summed E-state index contributed by atoms with van der Waals surface area (Å²) in [5.74, 6) is 0. The largest absolute Gasteiger partial charge is 0.368 e. The van der Waals surface area contributed by atoms with E-state index in [-0.39, 0.29) is 0 Å². The molecule has 6 heteroatoms. The molecule has 0 amide bonds. The van der Waals surface area contributed by atoms with Gasteiger partial charge in [0.15, 0.2) is 0 Å². The zero-order valence-corrected chi connectivity index (χ0v) is 16.8. The second kappa shape index (κ2) is 9.22. The Morgan fingerprint density at radius 1 is 0.821 bits per heavy atom. The van der Waals surface area contributed by atoms with E-state index in [0.29, 0.717) is 0 Å². The van der Waals surface area contributed by atoms with Crippen LogP contribution in [0.15, 0.2) is 60.8 Å². The van der Waals surface area contributed by atoms with Gasteiger partial charge in [-0.2, -0.15) is 0 Å². The number of nitrogens with zero attached hydrogens (tertiary/aromatic N) is 5. The Balaban J connectivity index is 1.18. The minimum Gasteiger partial charge on any atom is -0.368 e. The van der Waals surface area contributed by atoms with Gasteiger partial charge in [0.1, 0.15) is 5.69 Å². The van der Waals surface area contributed by atoms with Gasteiger partial charge < -0.3 is 4.90 Å². The predicted molar refractivity (Wildman–Crippen MR) is 115 cm³/mol. The third-order valence-corrected chi connectivity index (χ3v) is 5.60. The molecule has 2 aromatic carbocycles. The number of unbranched alkanes of at least 4 members (excludes halogenated alkanes) is 1. The van der Waals surface area contributed by atoms with Gasteiger partial charge in [-0.3, -0.25) is 9.58 Å². The van der Waals surface area contributed by atoms with E-state index < -0.39 is 0 Å². The van der Waals surface area contributed by atoms with E-state index in [1.807, 2.05) is 41.2 Å². The molecule has 0 aliphatic carbocycles. The standard InChI is InChI=1S/C22H26ClN5/c23-20-10-4-5-11-22(20)27-16-14-26(15-17-27)12-6-7-13-28-18-21(24-25-28)19-8-2-1-3-9-19/h1-5,8-11,18H,6-7,12-17H2. The summed E-state index contributed by atoms with van der Waals surface area (Å²) in [6.45, 7) is 6.30. The fourth-order valence-corrected chi connectivity index (χ4v) is 3.93. The van der Waals surface area contributed by atoms with Crippen molar-refractivity contribution in [2.45, 2.75) is 19.4 Å². The molecule has 0 radical (unpaired) electrons. The number of hydrogen-bond donors (Lipinski definition) is 0. The fourth-order valence-electron chi connectivity index (χ4n) is 3.68. The molecular formula is C22H26ClN5. The van der Waals surface area contributed by atoms with Crippen molar-refractivity contribution in [2.24, 2.45) is 0 Å². The Morgan fingerprint density at radius 3 is 2.32 bits per heavy atom. The van der Waals surface area contributed by atoms with Crippen LogP contribution in [-0.4, -0.2) is 52.6 Å². The van der Waals surface area contributed by atoms with Crippen LogP contribution in [0.25, 0.3) is 11.3 Å². The Morgan fingerprint density at radius 2 is 1.54 bits per heavy atom. The van der Waals surface area contributed by atoms with Gasteiger partial charge in [0.05, 0.1) is 16.9 Å². The van der Waals surface area contributed by atoms with Crippen LogP contribution in [0.5, 0.6) is 0 Å². The molecule has 146 valence electrons. The number of para-hydroxylation sites is 1. The minimum atomic E-state index is 0.846. The lowest BCUT2D eigenvalue weighted by Gasteiger charge is -2.36. The van der Waals surface area contributed by atoms with E-state index in [2.05, 4.69) is 44.4 Å². The summed E-state index contributed by atoms with van der Waals surface area (Å²) in [5, 5.41) is 9.39. The molecule has 1 saturated heterocycles. The summed E-state index contributed by atoms with van der Waals surface area (Å²) < 4.78 is 1.96. The quantitative estimate of drug-likeness (QED) is 0.562. The van der Waals surface area contributed by atoms with E-state index in [1.165, 1.54) is 6.42 Å². The van der Waals surface area contributed by atoms with Crippen molar-refractivity contribution in [3.63, 3.8) is 0 Å². The van der Waals surface area contributed by atoms with Gasteiger partial charge >= 0.3 is 0 Å². The summed E-state index contributed by atoms with van der Waals surface area (Å²) in [6, 6.07) is 18.3. The van der Waals surface area contributed by atoms with Crippen LogP contribution in [-0.2, 0) is 6.54 Å². The Bertz CT molecular complexity index is 871. The Kier molecular flexibility index (Phi) is 6.24. The average Bonchev–Trinajstić information content (AvgIpc) is 3.22. The molecule has 0 unspecified atom stereocenters. The predicted octanol–water partition coefficient (Wildman–Crippen LogP) is 4.20. The van der Waals surface area contributed by atoms with Gasteiger partial charge in [-0.1, -0.05) is 59.3 Å². The molecule has 1 aliphatic heterocycles. The second-order valence-corrected chi connectivity index (χ2v) is 7.63. The third kappa shape index (κ3) is 4.72. The van der Waals surface area contributed by atoms with Crippen molar-refractivity contribution in [1.29, 1.82) is 0 Å². The minimum absolute atomic E-state index is 0.846. The van der Waals surface area contributed by atoms with Crippen LogP contribution in [0.2, 0.25) is 5.02 Å². The van der Waals surface area contributed by atoms with Gasteiger partial charge in [0.25, 0.3) is 0 Å². The topological polar surface area (TPSA) is 37.2 Å². The SMILES string of the molecule is Clc1ccccc1N1CCN(CCCCn2cc(-c3ccccc3)nn2)CC1. The lowest BCUT2D eigenvalue weighted by molar-refractivity contribution is 0.250. The van der Waals surface area contributed by atoms with Crippen molar-refractivity contribution in [1.82, 2.24) is 19.9 Å². The van der Waals surface area contributed by atoms with Crippen LogP contribution in [0.3, 0.4) is 0 Å². The number of benzene rings is 2. The van der Waals surface area contributed by atoms with Gasteiger partial charge in [0.2, 0.25) is 0 Å². The van der Waals surface area contributed by atoms with Crippen molar-refractivity contribution in [2.75, 3.05) is 37.6 Å². The number of rotatable bonds is 7. The summed E-state index contributed by atoms with van der Waals surface area (Å²) in [7, 11) is 0. The molecule has 1 fully saturated rings. The van der Waals surface area contributed by atoms with Gasteiger partial charge in [0, 0.05) is 38.3 Å². The smallest absolute Gasteiger partial charge is 0.113 e. The highest BCUT2D eigenvalue weighted by Crippen LogP contribution is 2.26. The Hall–Kier alpha value is -2.37. The molecule has 0 spiro atoms. The fraction of sp³-hybridized carbons (Fsp3) is 0.364. The van der Waals surface area contributed by atoms with E-state index in [1.54, 1.807) is 0 Å². The van der Waals surface area contributed by atoms with Crippen LogP contribution in [0.1, 0.15) is 12.8 Å². The maximum absolute atomic E-state index is 6.33. The highest BCUT2D eigenvalue weighted by atomic mass is 35.5. The first kappa shape index (κ1) is 19.0. The van der Waals surface area contributed by atoms with Crippen LogP contribution >= 0.6 is 11.6 Å². The van der Waals surface area contributed by atoms with Crippen LogP contribution in [0.4, 0.5) is 5.69 Å². The van der Waals surface area contributed by atoms with Gasteiger partial charge in [-0.05, 0) is 31.5 Å². The maximum Gasteiger partial charge on any atom is 0.113 e. The van der Waals surface area contributed by atoms with Crippen molar-refractivity contribution in [3.05, 3.63) is 65.8 Å². The van der Waals surface area contributed by atoms with E-state index in [4.69, 9.17) is 11.6 Å². The lowest BCUT2D eigenvalue weighted by Crippen LogP contribution is -2.46. The highest BCUT2D eigenvalue weighted by molar-refractivity contribution is 6.33. The normalized spacial score (nSPS) is 15.1. The molecule has 3 aromatic rings. The summed E-state index contributed by atoms with van der Waals surface area (Å²) in [6.07, 6.45) is 4.33. The monoisotopic (exact) mass is 395 g/mol. The number of piperazine rings is 1. The molecule has 1 aliphatic rings. The van der Waals surface area contributed by atoms with E-state index in [0.717, 1.165) is 67.7 Å². The Labute approximate surface area is 171 Å². The molecular weight excluding hydrogens is 370 g/mol. The molecule has 4 rings (SSSR count). The second-order valence-electron chi connectivity index (χ2n) is 7.22. The van der Waals surface area contributed by atoms with E-state index in [9.17, 15) is 0 Å². The summed E-state index contributed by atoms with van der Waals surface area (Å²) in [4.78, 5) is 4.93. The summed E-state index contributed by atoms with van der Waals surface area (Å²) in [5.41, 5.74) is 3.21. The molecule has 5 nitrogen and oxygen atoms in total. The molecule has 0 saturated carbocycles. The molecule has 2 heterocycles. The third-order valence-electron chi connectivity index (χ3n) is 5.29. The number of anilines is 1.